The number of nitrogens with zero attached hydrogens (tertiary/aromatic N) is 3. The normalized spacial score (nSPS) is 7.21. The van der Waals surface area contributed by atoms with Gasteiger partial charge in [0, 0.05) is 57.9 Å². The number of carbonyl (C=O) groups excluding carboxylic acids is 1. The van der Waals surface area contributed by atoms with Gasteiger partial charge in [-0.2, -0.15) is 0 Å². The predicted molar refractivity (Wildman–Crippen MR) is 190 cm³/mol. The quantitative estimate of drug-likeness (QED) is 0.300. The van der Waals surface area contributed by atoms with E-state index in [4.69, 9.17) is 11.2 Å². The summed E-state index contributed by atoms with van der Waals surface area (Å²) in [6.07, 6.45) is 10.8. The van der Waals surface area contributed by atoms with E-state index >= 15 is 0 Å². The fourth-order valence-electron chi connectivity index (χ4n) is 2.75. The van der Waals surface area contributed by atoms with Gasteiger partial charge in [-0.25, -0.2) is 15.0 Å². The van der Waals surface area contributed by atoms with Crippen LogP contribution in [0.3, 0.4) is 0 Å². The molecule has 0 saturated carbocycles. The Bertz CT molecular complexity index is 2330. The van der Waals surface area contributed by atoms with Crippen LogP contribution in [0.4, 0.5) is 11.8 Å². The minimum absolute atomic E-state index is 0.310. The van der Waals surface area contributed by atoms with Crippen molar-refractivity contribution in [2.24, 2.45) is 0 Å². The maximum atomic E-state index is 11.0. The molecule has 0 fully saturated rings. The molecule has 1 N–H and O–H groups in total. The Balaban J connectivity index is 0.000000335. The first-order valence-electron chi connectivity index (χ1n) is 13.3. The number of halogens is 1. The lowest BCUT2D eigenvalue weighted by atomic mass is 10.1. The maximum absolute atomic E-state index is 11.0. The summed E-state index contributed by atoms with van der Waals surface area (Å²) < 4.78 is 6.54. The molecular weight excluding hydrogens is 660 g/mol. The second kappa shape index (κ2) is 23.8. The van der Waals surface area contributed by atoms with E-state index in [1.807, 2.05) is 31.2 Å². The summed E-state index contributed by atoms with van der Waals surface area (Å²) in [7, 11) is 0. The van der Waals surface area contributed by atoms with Gasteiger partial charge in [-0.3, -0.25) is 4.79 Å². The van der Waals surface area contributed by atoms with Crippen LogP contribution >= 0.6 is 15.9 Å². The van der Waals surface area contributed by atoms with Crippen LogP contribution < -0.4 is 10.1 Å². The lowest BCUT2D eigenvalue weighted by molar-refractivity contribution is 0.112. The standard InChI is InChI=1S/C23H4.C18H15BrN4O2/c1-3-5-7-9-11-13-15-17-19-21-23-22-20-18-16-14-12-10-8-6-4-2;1-12-6-15(19)14(10-24)7-16(12)25-11-13-8-21-18(22-9-13)23-17-4-2-3-5-20-17/h1H,2H3;2-10H,11H2,1H3,(H,20,21,22,23). The summed E-state index contributed by atoms with van der Waals surface area (Å²) in [4.78, 5) is 23.7. The van der Waals surface area contributed by atoms with Gasteiger partial charge in [-0.15, -0.1) is 6.42 Å². The third kappa shape index (κ3) is 16.3. The number of aromatic nitrogens is 3. The molecule has 1 aromatic carbocycles. The van der Waals surface area contributed by atoms with Crippen LogP contribution in [-0.4, -0.2) is 21.2 Å². The minimum Gasteiger partial charge on any atom is -0.488 e. The summed E-state index contributed by atoms with van der Waals surface area (Å²) in [5.74, 6) is 53.7. The van der Waals surface area contributed by atoms with Crippen LogP contribution in [0.25, 0.3) is 0 Å². The first-order chi connectivity index (χ1) is 23.6. The highest BCUT2D eigenvalue weighted by Crippen LogP contribution is 2.26. The Morgan fingerprint density at radius 2 is 1.29 bits per heavy atom. The highest BCUT2D eigenvalue weighted by molar-refractivity contribution is 9.10. The number of benzene rings is 1. The largest absolute Gasteiger partial charge is 0.488 e. The van der Waals surface area contributed by atoms with Crippen molar-refractivity contribution in [2.45, 2.75) is 20.5 Å². The van der Waals surface area contributed by atoms with Gasteiger partial charge in [0.25, 0.3) is 0 Å². The number of hydrogen-bond acceptors (Lipinski definition) is 6. The van der Waals surface area contributed by atoms with Crippen molar-refractivity contribution in [2.75, 3.05) is 5.32 Å². The molecule has 222 valence electrons. The van der Waals surface area contributed by atoms with Gasteiger partial charge >= 0.3 is 0 Å². The Morgan fingerprint density at radius 1 is 0.771 bits per heavy atom. The topological polar surface area (TPSA) is 77.0 Å². The van der Waals surface area contributed by atoms with E-state index in [-0.39, 0.29) is 0 Å². The lowest BCUT2D eigenvalue weighted by Gasteiger charge is -2.11. The molecule has 0 radical (unpaired) electrons. The molecule has 48 heavy (non-hydrogen) atoms. The van der Waals surface area contributed by atoms with E-state index in [9.17, 15) is 4.79 Å². The van der Waals surface area contributed by atoms with Crippen molar-refractivity contribution in [3.63, 3.8) is 0 Å². The lowest BCUT2D eigenvalue weighted by Crippen LogP contribution is -2.02. The average Bonchev–Trinajstić information content (AvgIpc) is 3.10. The van der Waals surface area contributed by atoms with Crippen molar-refractivity contribution < 1.29 is 9.53 Å². The molecule has 0 aliphatic rings. The number of hydrogen-bond donors (Lipinski definition) is 1. The van der Waals surface area contributed by atoms with E-state index < -0.39 is 0 Å². The Labute approximate surface area is 289 Å². The number of aldehydes is 1. The molecule has 0 aliphatic carbocycles. The van der Waals surface area contributed by atoms with Crippen molar-refractivity contribution in [3.05, 3.63) is 70.1 Å². The van der Waals surface area contributed by atoms with Gasteiger partial charge in [0.05, 0.1) is 0 Å². The van der Waals surface area contributed by atoms with Crippen LogP contribution in [0, 0.1) is 138 Å². The molecule has 2 aromatic heterocycles. The van der Waals surface area contributed by atoms with Crippen LogP contribution in [0.2, 0.25) is 0 Å². The molecule has 7 heteroatoms. The summed E-state index contributed by atoms with van der Waals surface area (Å²) in [6, 6.07) is 9.12. The van der Waals surface area contributed by atoms with Crippen molar-refractivity contribution >= 4 is 34.0 Å². The van der Waals surface area contributed by atoms with Crippen LogP contribution in [0.5, 0.6) is 5.75 Å². The second-order valence-corrected chi connectivity index (χ2v) is 8.92. The molecule has 0 aliphatic heterocycles. The SMILES string of the molecule is C#CC#CC#CC#CC#CC#CC#CC#CC#CC#CC#CC.Cc1cc(Br)c(C=O)cc1OCc1cnc(Nc2ccccn2)nc1. The molecule has 3 aromatic rings. The Hall–Kier alpha value is -7.64. The third-order valence-corrected chi connectivity index (χ3v) is 5.43. The number of aryl methyl sites for hydroxylation is 1. The molecule has 0 unspecified atom stereocenters. The van der Waals surface area contributed by atoms with E-state index in [2.05, 4.69) is 161 Å². The Morgan fingerprint density at radius 3 is 1.75 bits per heavy atom. The summed E-state index contributed by atoms with van der Waals surface area (Å²) >= 11 is 3.35. The van der Waals surface area contributed by atoms with Gasteiger partial charge in [-0.1, -0.05) is 27.9 Å². The smallest absolute Gasteiger partial charge is 0.228 e. The first kappa shape index (κ1) is 36.6. The highest BCUT2D eigenvalue weighted by atomic mass is 79.9. The van der Waals surface area contributed by atoms with Crippen molar-refractivity contribution in [1.29, 1.82) is 0 Å². The van der Waals surface area contributed by atoms with Gasteiger partial charge in [0.1, 0.15) is 18.2 Å². The van der Waals surface area contributed by atoms with E-state index in [1.165, 1.54) is 0 Å². The molecule has 0 spiro atoms. The summed E-state index contributed by atoms with van der Waals surface area (Å²) in [6.45, 7) is 3.93. The van der Waals surface area contributed by atoms with Crippen LogP contribution in [-0.2, 0) is 6.61 Å². The molecule has 6 nitrogen and oxygen atoms in total. The summed E-state index contributed by atoms with van der Waals surface area (Å²) in [5, 5.41) is 3.02. The van der Waals surface area contributed by atoms with Crippen LogP contribution in [0.1, 0.15) is 28.4 Å². The monoisotopic (exact) mass is 678 g/mol. The van der Waals surface area contributed by atoms with Gasteiger partial charge < -0.3 is 10.1 Å². The number of rotatable bonds is 6. The highest BCUT2D eigenvalue weighted by Gasteiger charge is 2.07. The first-order valence-corrected chi connectivity index (χ1v) is 14.1. The van der Waals surface area contributed by atoms with Gasteiger partial charge in [0.15, 0.2) is 6.29 Å². The predicted octanol–water partition coefficient (Wildman–Crippen LogP) is 4.75. The zero-order valence-electron chi connectivity index (χ0n) is 25.5. The number of ether oxygens (including phenoxy) is 1. The van der Waals surface area contributed by atoms with Crippen molar-refractivity contribution in [1.82, 2.24) is 15.0 Å². The number of carbonyl (C=O) groups is 1. The summed E-state index contributed by atoms with van der Waals surface area (Å²) in [5.41, 5.74) is 2.31. The van der Waals surface area contributed by atoms with Crippen LogP contribution in [0.15, 0.2) is 53.4 Å². The van der Waals surface area contributed by atoms with E-state index in [0.717, 1.165) is 21.9 Å². The van der Waals surface area contributed by atoms with Gasteiger partial charge in [-0.05, 0) is 138 Å². The number of nitrogens with one attached hydrogen (secondary N) is 1. The molecule has 2 heterocycles. The average molecular weight is 680 g/mol. The zero-order valence-corrected chi connectivity index (χ0v) is 27.1. The maximum Gasteiger partial charge on any atom is 0.228 e. The molecular formula is C41H19BrN4O2. The Kier molecular flexibility index (Phi) is 18.1. The molecule has 0 saturated heterocycles. The molecule has 3 rings (SSSR count). The number of pyridine rings is 1. The van der Waals surface area contributed by atoms with E-state index in [0.29, 0.717) is 29.7 Å². The fourth-order valence-corrected chi connectivity index (χ4v) is 3.30. The molecule has 0 bridgehead atoms. The van der Waals surface area contributed by atoms with Crippen molar-refractivity contribution in [3.8, 4) is 137 Å². The zero-order chi connectivity index (χ0) is 34.5. The number of anilines is 2. The van der Waals surface area contributed by atoms with Gasteiger partial charge in [0.2, 0.25) is 5.95 Å². The fraction of sp³-hybridized carbons (Fsp3) is 0.0732. The second-order valence-electron chi connectivity index (χ2n) is 8.07. The minimum atomic E-state index is 0.310. The van der Waals surface area contributed by atoms with E-state index in [1.54, 1.807) is 31.6 Å². The number of terminal acetylenes is 1. The molecule has 0 atom stereocenters. The third-order valence-electron chi connectivity index (χ3n) is 4.75. The molecule has 0 amide bonds.